The van der Waals surface area contributed by atoms with Crippen LogP contribution in [-0.4, -0.2) is 29.8 Å². The molecule has 1 N–H and O–H groups in total. The first-order valence-electron chi connectivity index (χ1n) is 7.92. The summed E-state index contributed by atoms with van der Waals surface area (Å²) >= 11 is 12.1. The number of halogens is 2. The molecule has 23 heavy (non-hydrogen) atoms. The molecule has 1 heterocycles. The first-order valence-corrected chi connectivity index (χ1v) is 8.68. The van der Waals surface area contributed by atoms with E-state index in [1.54, 1.807) is 6.07 Å². The Balaban J connectivity index is 1.88. The van der Waals surface area contributed by atoms with E-state index in [4.69, 9.17) is 23.2 Å². The summed E-state index contributed by atoms with van der Waals surface area (Å²) in [5.41, 5.74) is 1.86. The van der Waals surface area contributed by atoms with E-state index in [0.29, 0.717) is 48.9 Å². The van der Waals surface area contributed by atoms with Crippen LogP contribution in [0, 0.1) is 12.8 Å². The molecular weight excluding hydrogens is 335 g/mol. The highest BCUT2D eigenvalue weighted by atomic mass is 35.5. The van der Waals surface area contributed by atoms with Gasteiger partial charge in [-0.25, -0.2) is 0 Å². The van der Waals surface area contributed by atoms with Gasteiger partial charge in [0, 0.05) is 42.0 Å². The molecule has 126 valence electrons. The van der Waals surface area contributed by atoms with E-state index in [2.05, 4.69) is 5.32 Å². The van der Waals surface area contributed by atoms with Gasteiger partial charge in [0.25, 0.3) is 0 Å². The number of likely N-dealkylation sites (tertiary alicyclic amines) is 1. The number of benzene rings is 1. The molecule has 0 aromatic heterocycles. The van der Waals surface area contributed by atoms with Crippen molar-refractivity contribution in [3.05, 3.63) is 33.3 Å². The number of carbonyl (C=O) groups is 2. The summed E-state index contributed by atoms with van der Waals surface area (Å²) in [7, 11) is 0. The molecule has 1 aromatic carbocycles. The second kappa shape index (κ2) is 8.02. The van der Waals surface area contributed by atoms with E-state index in [-0.39, 0.29) is 17.7 Å². The molecule has 0 bridgehead atoms. The molecule has 1 aliphatic heterocycles. The Morgan fingerprint density at radius 1 is 1.26 bits per heavy atom. The molecule has 0 saturated carbocycles. The fraction of sp³-hybridized carbons (Fsp3) is 0.529. The molecule has 6 heteroatoms. The van der Waals surface area contributed by atoms with Crippen LogP contribution in [-0.2, 0) is 16.1 Å². The van der Waals surface area contributed by atoms with Crippen molar-refractivity contribution in [2.24, 2.45) is 5.92 Å². The van der Waals surface area contributed by atoms with E-state index in [0.717, 1.165) is 11.1 Å². The van der Waals surface area contributed by atoms with Crippen molar-refractivity contribution in [2.75, 3.05) is 13.1 Å². The third-order valence-corrected chi connectivity index (χ3v) is 4.90. The summed E-state index contributed by atoms with van der Waals surface area (Å²) in [6.07, 6.45) is 1.95. The number of rotatable bonds is 4. The van der Waals surface area contributed by atoms with Gasteiger partial charge in [0.05, 0.1) is 0 Å². The van der Waals surface area contributed by atoms with Crippen LogP contribution in [0.25, 0.3) is 0 Å². The average molecular weight is 357 g/mol. The highest BCUT2D eigenvalue weighted by molar-refractivity contribution is 6.35. The van der Waals surface area contributed by atoms with Gasteiger partial charge >= 0.3 is 0 Å². The predicted molar refractivity (Wildman–Crippen MR) is 92.6 cm³/mol. The van der Waals surface area contributed by atoms with Crippen LogP contribution in [0.3, 0.4) is 0 Å². The summed E-state index contributed by atoms with van der Waals surface area (Å²) in [5.74, 6) is 0.147. The van der Waals surface area contributed by atoms with Gasteiger partial charge in [-0.15, -0.1) is 0 Å². The zero-order valence-electron chi connectivity index (χ0n) is 13.5. The largest absolute Gasteiger partial charge is 0.352 e. The third kappa shape index (κ3) is 4.61. The number of nitrogens with zero attached hydrogens (tertiary/aromatic N) is 1. The van der Waals surface area contributed by atoms with Crippen molar-refractivity contribution in [1.29, 1.82) is 0 Å². The SMILES string of the molecule is CCC(=O)N1CCC(C(=O)NCc2c(C)cc(Cl)cc2Cl)CC1. The molecule has 2 rings (SSSR count). The molecule has 1 aromatic rings. The maximum absolute atomic E-state index is 12.3. The lowest BCUT2D eigenvalue weighted by Gasteiger charge is -2.31. The van der Waals surface area contributed by atoms with Gasteiger partial charge in [-0.2, -0.15) is 0 Å². The lowest BCUT2D eigenvalue weighted by molar-refractivity contribution is -0.135. The van der Waals surface area contributed by atoms with Crippen molar-refractivity contribution >= 4 is 35.0 Å². The van der Waals surface area contributed by atoms with Gasteiger partial charge in [-0.05, 0) is 43.0 Å². The monoisotopic (exact) mass is 356 g/mol. The normalized spacial score (nSPS) is 15.6. The first kappa shape index (κ1) is 18.1. The average Bonchev–Trinajstić information content (AvgIpc) is 2.53. The molecule has 1 aliphatic rings. The van der Waals surface area contributed by atoms with Gasteiger partial charge in [0.1, 0.15) is 0 Å². The summed E-state index contributed by atoms with van der Waals surface area (Å²) in [4.78, 5) is 25.8. The molecule has 2 amide bonds. The molecule has 0 atom stereocenters. The van der Waals surface area contributed by atoms with E-state index in [9.17, 15) is 9.59 Å². The van der Waals surface area contributed by atoms with E-state index in [1.165, 1.54) is 0 Å². The van der Waals surface area contributed by atoms with Gasteiger partial charge in [0.2, 0.25) is 11.8 Å². The number of carbonyl (C=O) groups excluding carboxylic acids is 2. The fourth-order valence-corrected chi connectivity index (χ4v) is 3.55. The van der Waals surface area contributed by atoms with Crippen molar-refractivity contribution in [1.82, 2.24) is 10.2 Å². The minimum atomic E-state index is -0.0395. The summed E-state index contributed by atoms with van der Waals surface area (Å²) in [6, 6.07) is 3.52. The molecule has 0 radical (unpaired) electrons. The summed E-state index contributed by atoms with van der Waals surface area (Å²) in [5, 5.41) is 4.12. The van der Waals surface area contributed by atoms with Crippen LogP contribution in [0.5, 0.6) is 0 Å². The molecular formula is C17H22Cl2N2O2. The van der Waals surface area contributed by atoms with Crippen LogP contribution in [0.4, 0.5) is 0 Å². The summed E-state index contributed by atoms with van der Waals surface area (Å²) in [6.45, 7) is 5.50. The van der Waals surface area contributed by atoms with E-state index in [1.807, 2.05) is 24.8 Å². The van der Waals surface area contributed by atoms with E-state index < -0.39 is 0 Å². The van der Waals surface area contributed by atoms with Crippen LogP contribution in [0.1, 0.15) is 37.3 Å². The number of hydrogen-bond donors (Lipinski definition) is 1. The topological polar surface area (TPSA) is 49.4 Å². The Hall–Kier alpha value is -1.26. The third-order valence-electron chi connectivity index (χ3n) is 4.34. The number of piperidine rings is 1. The minimum Gasteiger partial charge on any atom is -0.352 e. The second-order valence-electron chi connectivity index (χ2n) is 5.91. The Morgan fingerprint density at radius 2 is 1.91 bits per heavy atom. The zero-order valence-corrected chi connectivity index (χ0v) is 15.0. The first-order chi connectivity index (χ1) is 10.9. The lowest BCUT2D eigenvalue weighted by Crippen LogP contribution is -2.42. The summed E-state index contributed by atoms with van der Waals surface area (Å²) < 4.78 is 0. The number of hydrogen-bond acceptors (Lipinski definition) is 2. The number of aryl methyl sites for hydroxylation is 1. The Labute approximate surface area is 147 Å². The lowest BCUT2D eigenvalue weighted by atomic mass is 9.95. The highest BCUT2D eigenvalue weighted by Gasteiger charge is 2.26. The quantitative estimate of drug-likeness (QED) is 0.896. The van der Waals surface area contributed by atoms with Crippen molar-refractivity contribution in [3.63, 3.8) is 0 Å². The molecule has 1 saturated heterocycles. The molecule has 1 fully saturated rings. The van der Waals surface area contributed by atoms with Gasteiger partial charge in [0.15, 0.2) is 0 Å². The number of nitrogens with one attached hydrogen (secondary N) is 1. The van der Waals surface area contributed by atoms with Gasteiger partial charge < -0.3 is 10.2 Å². The highest BCUT2D eigenvalue weighted by Crippen LogP contribution is 2.25. The Bertz CT molecular complexity index is 573. The predicted octanol–water partition coefficient (Wildman–Crippen LogP) is 3.57. The molecule has 0 aliphatic carbocycles. The molecule has 0 unspecified atom stereocenters. The molecule has 4 nitrogen and oxygen atoms in total. The van der Waals surface area contributed by atoms with Crippen LogP contribution < -0.4 is 5.32 Å². The Morgan fingerprint density at radius 3 is 2.48 bits per heavy atom. The van der Waals surface area contributed by atoms with Crippen LogP contribution in [0.15, 0.2) is 12.1 Å². The van der Waals surface area contributed by atoms with Crippen molar-refractivity contribution in [3.8, 4) is 0 Å². The maximum Gasteiger partial charge on any atom is 0.223 e. The minimum absolute atomic E-state index is 0.0269. The molecule has 0 spiro atoms. The maximum atomic E-state index is 12.3. The van der Waals surface area contributed by atoms with Gasteiger partial charge in [-0.1, -0.05) is 30.1 Å². The smallest absolute Gasteiger partial charge is 0.223 e. The number of amides is 2. The van der Waals surface area contributed by atoms with E-state index >= 15 is 0 Å². The zero-order chi connectivity index (χ0) is 17.0. The van der Waals surface area contributed by atoms with Crippen molar-refractivity contribution < 1.29 is 9.59 Å². The second-order valence-corrected chi connectivity index (χ2v) is 6.75. The van der Waals surface area contributed by atoms with Crippen LogP contribution in [0.2, 0.25) is 10.0 Å². The standard InChI is InChI=1S/C17H22Cl2N2O2/c1-3-16(22)21-6-4-12(5-7-21)17(23)20-10-14-11(2)8-13(18)9-15(14)19/h8-9,12H,3-7,10H2,1-2H3,(H,20,23). The Kier molecular flexibility index (Phi) is 6.31. The van der Waals surface area contributed by atoms with Crippen LogP contribution >= 0.6 is 23.2 Å². The van der Waals surface area contributed by atoms with Crippen molar-refractivity contribution in [2.45, 2.75) is 39.7 Å². The van der Waals surface area contributed by atoms with Gasteiger partial charge in [-0.3, -0.25) is 9.59 Å². The fourth-order valence-electron chi connectivity index (χ4n) is 2.89.